The first-order valence-corrected chi connectivity index (χ1v) is 8.04. The lowest BCUT2D eigenvalue weighted by Crippen LogP contribution is -2.44. The van der Waals surface area contributed by atoms with Crippen LogP contribution in [0.25, 0.3) is 0 Å². The third-order valence-corrected chi connectivity index (χ3v) is 4.31. The van der Waals surface area contributed by atoms with Crippen molar-refractivity contribution >= 4 is 0 Å². The highest BCUT2D eigenvalue weighted by atomic mass is 16.5. The minimum absolute atomic E-state index is 0.463. The van der Waals surface area contributed by atoms with Crippen molar-refractivity contribution in [2.75, 3.05) is 26.2 Å². The zero-order valence-corrected chi connectivity index (χ0v) is 13.2. The molecule has 0 spiro atoms. The predicted molar refractivity (Wildman–Crippen MR) is 90.1 cm³/mol. The lowest BCUT2D eigenvalue weighted by Gasteiger charge is -2.33. The maximum atomic E-state index is 5.85. The Morgan fingerprint density at radius 3 is 2.36 bits per heavy atom. The SMILES string of the molecule is CC(c1ccc(OCc2ccccc2)cc1)N1CCNCC1. The van der Waals surface area contributed by atoms with Crippen molar-refractivity contribution in [3.8, 4) is 5.75 Å². The summed E-state index contributed by atoms with van der Waals surface area (Å²) >= 11 is 0. The van der Waals surface area contributed by atoms with Crippen molar-refractivity contribution in [3.63, 3.8) is 0 Å². The molecule has 3 nitrogen and oxygen atoms in total. The molecule has 1 aliphatic rings. The van der Waals surface area contributed by atoms with E-state index in [9.17, 15) is 0 Å². The van der Waals surface area contributed by atoms with Gasteiger partial charge in [0.25, 0.3) is 0 Å². The van der Waals surface area contributed by atoms with Crippen LogP contribution >= 0.6 is 0 Å². The van der Waals surface area contributed by atoms with Crippen molar-refractivity contribution in [1.29, 1.82) is 0 Å². The van der Waals surface area contributed by atoms with Gasteiger partial charge in [0.15, 0.2) is 0 Å². The first-order valence-electron chi connectivity index (χ1n) is 8.04. The Morgan fingerprint density at radius 2 is 1.68 bits per heavy atom. The molecule has 3 rings (SSSR count). The van der Waals surface area contributed by atoms with E-state index in [1.54, 1.807) is 0 Å². The summed E-state index contributed by atoms with van der Waals surface area (Å²) in [5.74, 6) is 0.931. The predicted octanol–water partition coefficient (Wildman–Crippen LogP) is 3.23. The van der Waals surface area contributed by atoms with E-state index in [0.717, 1.165) is 31.9 Å². The second-order valence-corrected chi connectivity index (χ2v) is 5.81. The average molecular weight is 296 g/mol. The monoisotopic (exact) mass is 296 g/mol. The van der Waals surface area contributed by atoms with Crippen molar-refractivity contribution in [1.82, 2.24) is 10.2 Å². The Morgan fingerprint density at radius 1 is 1.00 bits per heavy atom. The Labute approximate surface area is 132 Å². The molecule has 1 aliphatic heterocycles. The summed E-state index contributed by atoms with van der Waals surface area (Å²) in [4.78, 5) is 2.52. The summed E-state index contributed by atoms with van der Waals surface area (Å²) in [5, 5.41) is 3.40. The lowest BCUT2D eigenvalue weighted by atomic mass is 10.1. The molecule has 1 unspecified atom stereocenters. The molecule has 2 aromatic carbocycles. The van der Waals surface area contributed by atoms with E-state index in [1.165, 1.54) is 11.1 Å². The number of rotatable bonds is 5. The van der Waals surface area contributed by atoms with E-state index < -0.39 is 0 Å². The summed E-state index contributed by atoms with van der Waals surface area (Å²) in [7, 11) is 0. The maximum absolute atomic E-state index is 5.85. The molecule has 0 aromatic heterocycles. The van der Waals surface area contributed by atoms with Crippen LogP contribution in [0.15, 0.2) is 54.6 Å². The fourth-order valence-electron chi connectivity index (χ4n) is 2.86. The summed E-state index contributed by atoms with van der Waals surface area (Å²) < 4.78 is 5.85. The van der Waals surface area contributed by atoms with Crippen molar-refractivity contribution in [3.05, 3.63) is 65.7 Å². The normalized spacial score (nSPS) is 17.1. The number of hydrogen-bond donors (Lipinski definition) is 1. The van der Waals surface area contributed by atoms with Crippen LogP contribution in [0, 0.1) is 0 Å². The van der Waals surface area contributed by atoms with Gasteiger partial charge in [0, 0.05) is 32.2 Å². The van der Waals surface area contributed by atoms with E-state index in [-0.39, 0.29) is 0 Å². The minimum atomic E-state index is 0.463. The van der Waals surface area contributed by atoms with Crippen LogP contribution < -0.4 is 10.1 Å². The highest BCUT2D eigenvalue weighted by Gasteiger charge is 2.17. The van der Waals surface area contributed by atoms with Gasteiger partial charge < -0.3 is 10.1 Å². The van der Waals surface area contributed by atoms with E-state index in [2.05, 4.69) is 53.5 Å². The topological polar surface area (TPSA) is 24.5 Å². The van der Waals surface area contributed by atoms with Gasteiger partial charge in [-0.2, -0.15) is 0 Å². The minimum Gasteiger partial charge on any atom is -0.489 e. The number of nitrogens with zero attached hydrogens (tertiary/aromatic N) is 1. The fourth-order valence-corrected chi connectivity index (χ4v) is 2.86. The van der Waals surface area contributed by atoms with Gasteiger partial charge in [0.1, 0.15) is 12.4 Å². The van der Waals surface area contributed by atoms with Crippen LogP contribution in [0.3, 0.4) is 0 Å². The van der Waals surface area contributed by atoms with Gasteiger partial charge >= 0.3 is 0 Å². The molecular weight excluding hydrogens is 272 g/mol. The number of piperazine rings is 1. The van der Waals surface area contributed by atoms with Crippen LogP contribution in [-0.4, -0.2) is 31.1 Å². The number of benzene rings is 2. The maximum Gasteiger partial charge on any atom is 0.119 e. The van der Waals surface area contributed by atoms with E-state index in [0.29, 0.717) is 12.6 Å². The number of nitrogens with one attached hydrogen (secondary N) is 1. The van der Waals surface area contributed by atoms with Crippen LogP contribution in [-0.2, 0) is 6.61 Å². The van der Waals surface area contributed by atoms with Gasteiger partial charge in [-0.15, -0.1) is 0 Å². The molecule has 0 saturated carbocycles. The number of ether oxygens (including phenoxy) is 1. The Bertz CT molecular complexity index is 562. The average Bonchev–Trinajstić information content (AvgIpc) is 2.61. The fraction of sp³-hybridized carbons (Fsp3) is 0.368. The van der Waals surface area contributed by atoms with Crippen molar-refractivity contribution in [2.45, 2.75) is 19.6 Å². The zero-order chi connectivity index (χ0) is 15.2. The molecule has 0 amide bonds. The van der Waals surface area contributed by atoms with Crippen LogP contribution in [0.1, 0.15) is 24.1 Å². The summed E-state index contributed by atoms with van der Waals surface area (Å²) in [6, 6.07) is 19.3. The first-order chi connectivity index (χ1) is 10.8. The molecule has 1 fully saturated rings. The molecule has 1 saturated heterocycles. The second-order valence-electron chi connectivity index (χ2n) is 5.81. The van der Waals surface area contributed by atoms with Crippen molar-refractivity contribution < 1.29 is 4.74 Å². The van der Waals surface area contributed by atoms with Gasteiger partial charge in [0.05, 0.1) is 0 Å². The van der Waals surface area contributed by atoms with E-state index >= 15 is 0 Å². The van der Waals surface area contributed by atoms with Crippen molar-refractivity contribution in [2.24, 2.45) is 0 Å². The molecule has 1 N–H and O–H groups in total. The van der Waals surface area contributed by atoms with Gasteiger partial charge in [-0.3, -0.25) is 4.90 Å². The highest BCUT2D eigenvalue weighted by molar-refractivity contribution is 5.29. The number of hydrogen-bond acceptors (Lipinski definition) is 3. The Hall–Kier alpha value is -1.84. The van der Waals surface area contributed by atoms with Crippen LogP contribution in [0.2, 0.25) is 0 Å². The van der Waals surface area contributed by atoms with E-state index in [1.807, 2.05) is 18.2 Å². The third kappa shape index (κ3) is 3.87. The molecular formula is C19H24N2O. The van der Waals surface area contributed by atoms with Crippen LogP contribution in [0.4, 0.5) is 0 Å². The largest absolute Gasteiger partial charge is 0.489 e. The van der Waals surface area contributed by atoms with Gasteiger partial charge in [-0.05, 0) is 30.2 Å². The van der Waals surface area contributed by atoms with Gasteiger partial charge in [-0.25, -0.2) is 0 Å². The molecule has 22 heavy (non-hydrogen) atoms. The third-order valence-electron chi connectivity index (χ3n) is 4.31. The summed E-state index contributed by atoms with van der Waals surface area (Å²) in [6.07, 6.45) is 0. The Kier molecular flexibility index (Phi) is 5.09. The smallest absolute Gasteiger partial charge is 0.119 e. The summed E-state index contributed by atoms with van der Waals surface area (Å²) in [5.41, 5.74) is 2.55. The standard InChI is InChI=1S/C19H24N2O/c1-16(21-13-11-20-12-14-21)18-7-9-19(10-8-18)22-15-17-5-3-2-4-6-17/h2-10,16,20H,11-15H2,1H3. The highest BCUT2D eigenvalue weighted by Crippen LogP contribution is 2.23. The summed E-state index contributed by atoms with van der Waals surface area (Å²) in [6.45, 7) is 7.31. The molecule has 0 bridgehead atoms. The van der Waals surface area contributed by atoms with Crippen LogP contribution in [0.5, 0.6) is 5.75 Å². The first kappa shape index (κ1) is 15.1. The zero-order valence-electron chi connectivity index (χ0n) is 13.2. The lowest BCUT2D eigenvalue weighted by molar-refractivity contribution is 0.185. The van der Waals surface area contributed by atoms with E-state index in [4.69, 9.17) is 4.74 Å². The Balaban J connectivity index is 1.57. The molecule has 2 aromatic rings. The second kappa shape index (κ2) is 7.43. The quantitative estimate of drug-likeness (QED) is 0.917. The van der Waals surface area contributed by atoms with Gasteiger partial charge in [0.2, 0.25) is 0 Å². The molecule has 0 aliphatic carbocycles. The molecule has 116 valence electrons. The molecule has 1 atom stereocenters. The van der Waals surface area contributed by atoms with Gasteiger partial charge in [-0.1, -0.05) is 42.5 Å². The molecule has 1 heterocycles. The molecule has 0 radical (unpaired) electrons. The molecule has 3 heteroatoms.